The number of imidazole rings is 1. The zero-order valence-electron chi connectivity index (χ0n) is 13.5. The Balaban J connectivity index is 1.96. The van der Waals surface area contributed by atoms with Crippen LogP contribution in [-0.2, 0) is 9.84 Å². The van der Waals surface area contributed by atoms with Crippen molar-refractivity contribution in [3.8, 4) is 22.5 Å². The zero-order valence-corrected chi connectivity index (χ0v) is 14.3. The van der Waals surface area contributed by atoms with Crippen LogP contribution in [0.2, 0.25) is 0 Å². The molecular formula is C19H15N3O2S. The first-order valence-corrected chi connectivity index (χ1v) is 9.62. The van der Waals surface area contributed by atoms with E-state index in [9.17, 15) is 8.42 Å². The van der Waals surface area contributed by atoms with Crippen LogP contribution in [0.1, 0.15) is 0 Å². The first-order valence-electron chi connectivity index (χ1n) is 7.73. The summed E-state index contributed by atoms with van der Waals surface area (Å²) < 4.78 is 25.3. The Kier molecular flexibility index (Phi) is 3.62. The highest BCUT2D eigenvalue weighted by Gasteiger charge is 2.17. The van der Waals surface area contributed by atoms with Crippen molar-refractivity contribution in [3.05, 3.63) is 73.1 Å². The van der Waals surface area contributed by atoms with Crippen molar-refractivity contribution < 1.29 is 8.42 Å². The molecule has 0 amide bonds. The van der Waals surface area contributed by atoms with Gasteiger partial charge in [-0.1, -0.05) is 42.5 Å². The van der Waals surface area contributed by atoms with Crippen molar-refractivity contribution in [2.24, 2.45) is 0 Å². The van der Waals surface area contributed by atoms with Gasteiger partial charge in [0.1, 0.15) is 0 Å². The van der Waals surface area contributed by atoms with Gasteiger partial charge in [0, 0.05) is 29.8 Å². The maximum atomic E-state index is 11.7. The molecule has 0 aliphatic carbocycles. The fourth-order valence-corrected chi connectivity index (χ4v) is 3.45. The quantitative estimate of drug-likeness (QED) is 0.568. The molecule has 124 valence electrons. The average Bonchev–Trinajstić information content (AvgIpc) is 3.01. The van der Waals surface area contributed by atoms with E-state index < -0.39 is 9.84 Å². The van der Waals surface area contributed by atoms with Gasteiger partial charge in [0.2, 0.25) is 5.78 Å². The minimum Gasteiger partial charge on any atom is -0.283 e. The van der Waals surface area contributed by atoms with E-state index >= 15 is 0 Å². The maximum Gasteiger partial charge on any atom is 0.234 e. The fourth-order valence-electron chi connectivity index (χ4n) is 2.82. The van der Waals surface area contributed by atoms with Crippen LogP contribution < -0.4 is 0 Å². The summed E-state index contributed by atoms with van der Waals surface area (Å²) in [6, 6.07) is 18.6. The summed E-state index contributed by atoms with van der Waals surface area (Å²) in [6.07, 6.45) is 4.83. The highest BCUT2D eigenvalue weighted by atomic mass is 32.2. The van der Waals surface area contributed by atoms with Crippen LogP contribution in [0.25, 0.3) is 28.3 Å². The molecule has 2 heterocycles. The van der Waals surface area contributed by atoms with Gasteiger partial charge in [0.05, 0.1) is 16.3 Å². The molecule has 0 unspecified atom stereocenters. The number of aromatic nitrogens is 3. The van der Waals surface area contributed by atoms with E-state index in [0.717, 1.165) is 22.5 Å². The van der Waals surface area contributed by atoms with Crippen LogP contribution in [0.15, 0.2) is 78.0 Å². The van der Waals surface area contributed by atoms with E-state index in [2.05, 4.69) is 9.97 Å². The number of rotatable bonds is 3. The topological polar surface area (TPSA) is 64.3 Å². The molecular weight excluding hydrogens is 334 g/mol. The molecule has 0 radical (unpaired) electrons. The Morgan fingerprint density at radius 1 is 0.880 bits per heavy atom. The Labute approximate surface area is 145 Å². The van der Waals surface area contributed by atoms with Gasteiger partial charge < -0.3 is 0 Å². The molecule has 0 atom stereocenters. The lowest BCUT2D eigenvalue weighted by Gasteiger charge is -2.06. The smallest absolute Gasteiger partial charge is 0.234 e. The second kappa shape index (κ2) is 5.82. The highest BCUT2D eigenvalue weighted by Crippen LogP contribution is 2.32. The Hall–Kier alpha value is -2.99. The summed E-state index contributed by atoms with van der Waals surface area (Å²) in [5.74, 6) is 0.601. The normalized spacial score (nSPS) is 11.7. The van der Waals surface area contributed by atoms with Crippen molar-refractivity contribution in [3.63, 3.8) is 0 Å². The molecule has 0 bridgehead atoms. The number of benzene rings is 2. The Morgan fingerprint density at radius 2 is 1.60 bits per heavy atom. The molecule has 0 aliphatic heterocycles. The second-order valence-corrected chi connectivity index (χ2v) is 7.78. The lowest BCUT2D eigenvalue weighted by molar-refractivity contribution is 0.602. The molecule has 2 aromatic carbocycles. The zero-order chi connectivity index (χ0) is 17.4. The molecule has 0 saturated heterocycles. The van der Waals surface area contributed by atoms with Crippen LogP contribution in [-0.4, -0.2) is 29.0 Å². The van der Waals surface area contributed by atoms with Gasteiger partial charge in [0.15, 0.2) is 9.84 Å². The largest absolute Gasteiger partial charge is 0.283 e. The van der Waals surface area contributed by atoms with Crippen molar-refractivity contribution in [1.82, 2.24) is 14.4 Å². The lowest BCUT2D eigenvalue weighted by Crippen LogP contribution is -1.96. The van der Waals surface area contributed by atoms with Crippen molar-refractivity contribution >= 4 is 15.6 Å². The van der Waals surface area contributed by atoms with E-state index in [1.54, 1.807) is 30.5 Å². The molecule has 5 nitrogen and oxygen atoms in total. The highest BCUT2D eigenvalue weighted by molar-refractivity contribution is 7.90. The van der Waals surface area contributed by atoms with Gasteiger partial charge in [-0.05, 0) is 18.2 Å². The monoisotopic (exact) mass is 349 g/mol. The average molecular weight is 349 g/mol. The molecule has 0 N–H and O–H groups in total. The van der Waals surface area contributed by atoms with Crippen molar-refractivity contribution in [1.29, 1.82) is 0 Å². The molecule has 4 rings (SSSR count). The molecule has 0 spiro atoms. The van der Waals surface area contributed by atoms with Crippen LogP contribution in [0.5, 0.6) is 0 Å². The minimum atomic E-state index is -3.23. The standard InChI is InChI=1S/C19H15N3O2S/c1-25(23,24)16-10-8-14(9-11-16)17-18(15-6-3-2-4-7-15)22-13-5-12-20-19(22)21-17/h2-13H,1H3. The summed E-state index contributed by atoms with van der Waals surface area (Å²) in [5, 5.41) is 0. The van der Waals surface area contributed by atoms with Gasteiger partial charge >= 0.3 is 0 Å². The predicted molar refractivity (Wildman–Crippen MR) is 97.0 cm³/mol. The Bertz CT molecular complexity index is 1150. The number of nitrogens with zero attached hydrogens (tertiary/aromatic N) is 3. The molecule has 0 aliphatic rings. The number of fused-ring (bicyclic) bond motifs is 1. The van der Waals surface area contributed by atoms with E-state index in [-0.39, 0.29) is 0 Å². The van der Waals surface area contributed by atoms with Crippen LogP contribution >= 0.6 is 0 Å². The second-order valence-electron chi connectivity index (χ2n) is 5.76. The lowest BCUT2D eigenvalue weighted by atomic mass is 10.1. The third-order valence-electron chi connectivity index (χ3n) is 4.01. The molecule has 4 aromatic rings. The molecule has 25 heavy (non-hydrogen) atoms. The fraction of sp³-hybridized carbons (Fsp3) is 0.0526. The molecule has 2 aromatic heterocycles. The van der Waals surface area contributed by atoms with Crippen LogP contribution in [0.3, 0.4) is 0 Å². The first kappa shape index (κ1) is 15.5. The summed E-state index contributed by atoms with van der Waals surface area (Å²) in [7, 11) is -3.23. The summed E-state index contributed by atoms with van der Waals surface area (Å²) >= 11 is 0. The molecule has 0 saturated carbocycles. The first-order chi connectivity index (χ1) is 12.0. The van der Waals surface area contributed by atoms with Gasteiger partial charge in [-0.3, -0.25) is 4.40 Å². The Morgan fingerprint density at radius 3 is 2.28 bits per heavy atom. The number of hydrogen-bond acceptors (Lipinski definition) is 4. The number of sulfone groups is 1. The minimum absolute atomic E-state index is 0.291. The molecule has 6 heteroatoms. The molecule has 0 fully saturated rings. The van der Waals surface area contributed by atoms with E-state index in [0.29, 0.717) is 10.7 Å². The van der Waals surface area contributed by atoms with Gasteiger partial charge in [-0.2, -0.15) is 0 Å². The summed E-state index contributed by atoms with van der Waals surface area (Å²) in [5.41, 5.74) is 3.56. The third-order valence-corrected chi connectivity index (χ3v) is 5.14. The SMILES string of the molecule is CS(=O)(=O)c1ccc(-c2nc3ncccn3c2-c2ccccc2)cc1. The van der Waals surface area contributed by atoms with E-state index in [4.69, 9.17) is 0 Å². The van der Waals surface area contributed by atoms with Gasteiger partial charge in [0.25, 0.3) is 0 Å². The summed E-state index contributed by atoms with van der Waals surface area (Å²) in [6.45, 7) is 0. The predicted octanol–water partition coefficient (Wildman–Crippen LogP) is 3.47. The van der Waals surface area contributed by atoms with Crippen molar-refractivity contribution in [2.45, 2.75) is 4.90 Å². The van der Waals surface area contributed by atoms with Gasteiger partial charge in [-0.25, -0.2) is 18.4 Å². The van der Waals surface area contributed by atoms with E-state index in [1.807, 2.05) is 47.0 Å². The van der Waals surface area contributed by atoms with E-state index in [1.165, 1.54) is 6.26 Å². The maximum absolute atomic E-state index is 11.7. The van der Waals surface area contributed by atoms with Crippen LogP contribution in [0.4, 0.5) is 0 Å². The third kappa shape index (κ3) is 2.81. The number of hydrogen-bond donors (Lipinski definition) is 0. The van der Waals surface area contributed by atoms with Crippen molar-refractivity contribution in [2.75, 3.05) is 6.26 Å². The van der Waals surface area contributed by atoms with Crippen LogP contribution in [0, 0.1) is 0 Å². The van der Waals surface area contributed by atoms with Gasteiger partial charge in [-0.15, -0.1) is 0 Å². The summed E-state index contributed by atoms with van der Waals surface area (Å²) in [4.78, 5) is 9.27.